The van der Waals surface area contributed by atoms with Crippen LogP contribution in [0, 0.1) is 5.92 Å². The van der Waals surface area contributed by atoms with Gasteiger partial charge < -0.3 is 15.7 Å². The minimum absolute atomic E-state index is 0.219. The number of aromatic nitrogens is 2. The molecule has 19 heavy (non-hydrogen) atoms. The Morgan fingerprint density at radius 3 is 2.95 bits per heavy atom. The number of aliphatic carboxylic acids is 1. The first-order valence-corrected chi connectivity index (χ1v) is 6.34. The molecule has 2 unspecified atom stereocenters. The predicted octanol–water partition coefficient (Wildman–Crippen LogP) is 1.28. The second kappa shape index (κ2) is 5.73. The van der Waals surface area contributed by atoms with E-state index in [4.69, 9.17) is 5.11 Å². The summed E-state index contributed by atoms with van der Waals surface area (Å²) in [5.74, 6) is -0.317. The van der Waals surface area contributed by atoms with Crippen molar-refractivity contribution >= 4 is 17.7 Å². The SMILES string of the molecule is CC1CCC(NC(=O)Nc2cnn(CC(=O)O)c2)C1. The summed E-state index contributed by atoms with van der Waals surface area (Å²) in [7, 11) is 0. The molecule has 0 aliphatic heterocycles. The standard InChI is InChI=1S/C12H18N4O3/c1-8-2-3-9(4-8)14-12(19)15-10-5-13-16(6-10)7-11(17)18/h5-6,8-9H,2-4,7H2,1H3,(H,17,18)(H2,14,15,19). The second-order valence-electron chi connectivity index (χ2n) is 5.03. The van der Waals surface area contributed by atoms with Gasteiger partial charge in [-0.3, -0.25) is 9.48 Å². The van der Waals surface area contributed by atoms with E-state index in [1.165, 1.54) is 17.1 Å². The molecule has 0 saturated heterocycles. The minimum atomic E-state index is -0.973. The lowest BCUT2D eigenvalue weighted by Gasteiger charge is -2.12. The van der Waals surface area contributed by atoms with Crippen LogP contribution in [0.1, 0.15) is 26.2 Å². The third-order valence-corrected chi connectivity index (χ3v) is 3.22. The van der Waals surface area contributed by atoms with Crippen molar-refractivity contribution in [2.45, 2.75) is 38.8 Å². The van der Waals surface area contributed by atoms with E-state index in [-0.39, 0.29) is 18.6 Å². The monoisotopic (exact) mass is 266 g/mol. The molecule has 0 radical (unpaired) electrons. The number of rotatable bonds is 4. The number of hydrogen-bond donors (Lipinski definition) is 3. The average Bonchev–Trinajstić information content (AvgIpc) is 2.88. The van der Waals surface area contributed by atoms with Gasteiger partial charge in [0.15, 0.2) is 0 Å². The van der Waals surface area contributed by atoms with Gasteiger partial charge in [-0.25, -0.2) is 4.79 Å². The molecule has 2 atom stereocenters. The summed E-state index contributed by atoms with van der Waals surface area (Å²) < 4.78 is 1.26. The van der Waals surface area contributed by atoms with Crippen molar-refractivity contribution in [1.82, 2.24) is 15.1 Å². The number of nitrogens with zero attached hydrogens (tertiary/aromatic N) is 2. The van der Waals surface area contributed by atoms with Gasteiger partial charge in [-0.1, -0.05) is 6.92 Å². The van der Waals surface area contributed by atoms with E-state index in [0.29, 0.717) is 11.6 Å². The van der Waals surface area contributed by atoms with Crippen LogP contribution in [-0.4, -0.2) is 32.9 Å². The van der Waals surface area contributed by atoms with Crippen molar-refractivity contribution in [3.05, 3.63) is 12.4 Å². The fourth-order valence-electron chi connectivity index (χ4n) is 2.34. The van der Waals surface area contributed by atoms with Crippen LogP contribution in [0.15, 0.2) is 12.4 Å². The summed E-state index contributed by atoms with van der Waals surface area (Å²) in [6.07, 6.45) is 6.07. The summed E-state index contributed by atoms with van der Waals surface area (Å²) >= 11 is 0. The van der Waals surface area contributed by atoms with Crippen molar-refractivity contribution in [1.29, 1.82) is 0 Å². The van der Waals surface area contributed by atoms with Crippen LogP contribution in [0.4, 0.5) is 10.5 Å². The highest BCUT2D eigenvalue weighted by Gasteiger charge is 2.22. The molecule has 0 bridgehead atoms. The van der Waals surface area contributed by atoms with Crippen molar-refractivity contribution in [3.8, 4) is 0 Å². The molecule has 0 aromatic carbocycles. The molecule has 3 N–H and O–H groups in total. The number of anilines is 1. The Morgan fingerprint density at radius 2 is 2.32 bits per heavy atom. The molecular formula is C12H18N4O3. The van der Waals surface area contributed by atoms with Gasteiger partial charge in [0.1, 0.15) is 6.54 Å². The van der Waals surface area contributed by atoms with Crippen molar-refractivity contribution in [2.24, 2.45) is 5.92 Å². The summed E-state index contributed by atoms with van der Waals surface area (Å²) in [5, 5.41) is 18.0. The molecule has 2 rings (SSSR count). The normalized spacial score (nSPS) is 22.2. The summed E-state index contributed by atoms with van der Waals surface area (Å²) in [6, 6.07) is -0.0435. The second-order valence-corrected chi connectivity index (χ2v) is 5.03. The van der Waals surface area contributed by atoms with E-state index in [2.05, 4.69) is 22.7 Å². The fourth-order valence-corrected chi connectivity index (χ4v) is 2.34. The van der Waals surface area contributed by atoms with Crippen LogP contribution in [-0.2, 0) is 11.3 Å². The zero-order valence-corrected chi connectivity index (χ0v) is 10.8. The van der Waals surface area contributed by atoms with Gasteiger partial charge in [0.05, 0.1) is 11.9 Å². The van der Waals surface area contributed by atoms with Crippen LogP contribution in [0.5, 0.6) is 0 Å². The molecule has 7 nitrogen and oxygen atoms in total. The third kappa shape index (κ3) is 3.97. The Labute approximate surface area is 111 Å². The molecule has 2 amide bonds. The summed E-state index contributed by atoms with van der Waals surface area (Å²) in [6.45, 7) is 1.96. The molecule has 104 valence electrons. The highest BCUT2D eigenvalue weighted by atomic mass is 16.4. The number of carboxylic acids is 1. The molecule has 7 heteroatoms. The minimum Gasteiger partial charge on any atom is -0.480 e. The average molecular weight is 266 g/mol. The lowest BCUT2D eigenvalue weighted by Crippen LogP contribution is -2.36. The molecule has 1 fully saturated rings. The quantitative estimate of drug-likeness (QED) is 0.764. The van der Waals surface area contributed by atoms with E-state index in [0.717, 1.165) is 19.3 Å². The van der Waals surface area contributed by atoms with E-state index in [1.807, 2.05) is 0 Å². The lowest BCUT2D eigenvalue weighted by molar-refractivity contribution is -0.137. The van der Waals surface area contributed by atoms with Crippen molar-refractivity contribution < 1.29 is 14.7 Å². The molecule has 0 spiro atoms. The van der Waals surface area contributed by atoms with Crippen LogP contribution >= 0.6 is 0 Å². The number of urea groups is 1. The van der Waals surface area contributed by atoms with Crippen LogP contribution in [0.3, 0.4) is 0 Å². The first-order chi connectivity index (χ1) is 9.02. The summed E-state index contributed by atoms with van der Waals surface area (Å²) in [4.78, 5) is 22.2. The topological polar surface area (TPSA) is 96.3 Å². The van der Waals surface area contributed by atoms with Gasteiger partial charge in [0.25, 0.3) is 0 Å². The van der Waals surface area contributed by atoms with E-state index >= 15 is 0 Å². The van der Waals surface area contributed by atoms with Crippen molar-refractivity contribution in [3.63, 3.8) is 0 Å². The van der Waals surface area contributed by atoms with E-state index in [9.17, 15) is 9.59 Å². The number of carboxylic acid groups (broad SMARTS) is 1. The fraction of sp³-hybridized carbons (Fsp3) is 0.583. The maximum Gasteiger partial charge on any atom is 0.325 e. The smallest absolute Gasteiger partial charge is 0.325 e. The molecule has 1 saturated carbocycles. The number of carbonyl (C=O) groups excluding carboxylic acids is 1. The number of hydrogen-bond acceptors (Lipinski definition) is 3. The zero-order chi connectivity index (χ0) is 13.8. The first kappa shape index (κ1) is 13.4. The Bertz CT molecular complexity index is 471. The zero-order valence-electron chi connectivity index (χ0n) is 10.8. The highest BCUT2D eigenvalue weighted by Crippen LogP contribution is 2.24. The lowest BCUT2D eigenvalue weighted by atomic mass is 10.1. The third-order valence-electron chi connectivity index (χ3n) is 3.22. The Balaban J connectivity index is 1.81. The van der Waals surface area contributed by atoms with E-state index in [1.54, 1.807) is 0 Å². The molecule has 1 heterocycles. The van der Waals surface area contributed by atoms with Gasteiger partial charge >= 0.3 is 12.0 Å². The number of nitrogens with one attached hydrogen (secondary N) is 2. The molecule has 1 aromatic heterocycles. The maximum absolute atomic E-state index is 11.7. The van der Waals surface area contributed by atoms with E-state index < -0.39 is 5.97 Å². The molecule has 1 aliphatic rings. The van der Waals surface area contributed by atoms with Gasteiger partial charge in [0, 0.05) is 12.2 Å². The van der Waals surface area contributed by atoms with Gasteiger partial charge in [-0.05, 0) is 25.2 Å². The van der Waals surface area contributed by atoms with Crippen LogP contribution in [0.2, 0.25) is 0 Å². The molecular weight excluding hydrogens is 248 g/mol. The molecule has 1 aromatic rings. The largest absolute Gasteiger partial charge is 0.480 e. The Hall–Kier alpha value is -2.05. The van der Waals surface area contributed by atoms with Gasteiger partial charge in [-0.2, -0.15) is 5.10 Å². The highest BCUT2D eigenvalue weighted by molar-refractivity contribution is 5.89. The van der Waals surface area contributed by atoms with Gasteiger partial charge in [-0.15, -0.1) is 0 Å². The summed E-state index contributed by atoms with van der Waals surface area (Å²) in [5.41, 5.74) is 0.491. The Kier molecular flexibility index (Phi) is 4.03. The maximum atomic E-state index is 11.7. The van der Waals surface area contributed by atoms with Crippen molar-refractivity contribution in [2.75, 3.05) is 5.32 Å². The van der Waals surface area contributed by atoms with Gasteiger partial charge in [0.2, 0.25) is 0 Å². The van der Waals surface area contributed by atoms with Crippen LogP contribution in [0.25, 0.3) is 0 Å². The number of amides is 2. The first-order valence-electron chi connectivity index (χ1n) is 6.34. The molecule has 1 aliphatic carbocycles. The Morgan fingerprint density at radius 1 is 1.53 bits per heavy atom. The predicted molar refractivity (Wildman–Crippen MR) is 68.8 cm³/mol. The van der Waals surface area contributed by atoms with Crippen LogP contribution < -0.4 is 10.6 Å². The number of carbonyl (C=O) groups is 2.